The van der Waals surface area contributed by atoms with Crippen molar-refractivity contribution >= 4 is 40.7 Å². The number of thiophene rings is 1. The number of hydrogen-bond acceptors (Lipinski definition) is 6. The molecule has 4 amide bonds. The van der Waals surface area contributed by atoms with Gasteiger partial charge in [0.15, 0.2) is 5.78 Å². The minimum absolute atomic E-state index is 0.0451. The van der Waals surface area contributed by atoms with Crippen molar-refractivity contribution in [2.45, 2.75) is 89.9 Å². The second-order valence-corrected chi connectivity index (χ2v) is 13.6. The van der Waals surface area contributed by atoms with Gasteiger partial charge in [-0.3, -0.25) is 24.0 Å². The van der Waals surface area contributed by atoms with Crippen LogP contribution in [0.2, 0.25) is 0 Å². The molecule has 10 heteroatoms. The van der Waals surface area contributed by atoms with Crippen molar-refractivity contribution in [3.8, 4) is 10.4 Å². The molecular formula is C33H42N4O5S. The number of Topliss-reactive ketones (excluding diaryl/α,β-unsaturated/α-hetero) is 1. The van der Waals surface area contributed by atoms with Crippen LogP contribution >= 0.6 is 11.3 Å². The van der Waals surface area contributed by atoms with Crippen LogP contribution in [0.5, 0.6) is 0 Å². The average Bonchev–Trinajstić information content (AvgIpc) is 3.73. The number of carbonyl (C=O) groups excluding carboxylic acids is 5. The summed E-state index contributed by atoms with van der Waals surface area (Å²) in [5, 5.41) is 5.83. The lowest BCUT2D eigenvalue weighted by Crippen LogP contribution is -2.54. The van der Waals surface area contributed by atoms with Gasteiger partial charge in [-0.15, -0.1) is 11.3 Å². The fourth-order valence-electron chi connectivity index (χ4n) is 6.94. The molecule has 1 aliphatic carbocycles. The minimum Gasteiger partial charge on any atom is -0.344 e. The number of hydrogen-bond donors (Lipinski definition) is 2. The summed E-state index contributed by atoms with van der Waals surface area (Å²) in [5.74, 6) is -1.09. The molecule has 0 spiro atoms. The first-order valence-corrected chi connectivity index (χ1v) is 16.3. The molecule has 9 nitrogen and oxygen atoms in total. The zero-order valence-corrected chi connectivity index (χ0v) is 26.0. The largest absolute Gasteiger partial charge is 0.344 e. The predicted molar refractivity (Wildman–Crippen MR) is 165 cm³/mol. The quantitative estimate of drug-likeness (QED) is 0.447. The summed E-state index contributed by atoms with van der Waals surface area (Å²) in [5.41, 5.74) is 1.02. The molecule has 3 fully saturated rings. The van der Waals surface area contributed by atoms with Crippen LogP contribution in [0.3, 0.4) is 0 Å². The van der Waals surface area contributed by atoms with Crippen molar-refractivity contribution in [3.63, 3.8) is 0 Å². The van der Waals surface area contributed by atoms with Gasteiger partial charge in [-0.25, -0.2) is 0 Å². The van der Waals surface area contributed by atoms with E-state index < -0.39 is 24.2 Å². The summed E-state index contributed by atoms with van der Waals surface area (Å²) in [6, 6.07) is 10.9. The molecule has 0 radical (unpaired) electrons. The van der Waals surface area contributed by atoms with E-state index in [0.717, 1.165) is 42.5 Å². The van der Waals surface area contributed by atoms with E-state index in [0.29, 0.717) is 24.3 Å². The molecule has 5 rings (SSSR count). The van der Waals surface area contributed by atoms with Crippen LogP contribution in [0.1, 0.15) is 75.4 Å². The van der Waals surface area contributed by atoms with Gasteiger partial charge in [0.05, 0.1) is 17.5 Å². The first-order chi connectivity index (χ1) is 20.6. The number of amides is 4. The van der Waals surface area contributed by atoms with Crippen molar-refractivity contribution in [2.75, 3.05) is 13.1 Å². The van der Waals surface area contributed by atoms with Gasteiger partial charge >= 0.3 is 0 Å². The van der Waals surface area contributed by atoms with Gasteiger partial charge in [0.1, 0.15) is 18.1 Å². The summed E-state index contributed by atoms with van der Waals surface area (Å²) in [6.07, 6.45) is 5.80. The third kappa shape index (κ3) is 6.84. The van der Waals surface area contributed by atoms with Gasteiger partial charge in [0.2, 0.25) is 17.7 Å². The Hall–Kier alpha value is -3.53. The highest BCUT2D eigenvalue weighted by atomic mass is 32.1. The Labute approximate surface area is 257 Å². The van der Waals surface area contributed by atoms with E-state index in [4.69, 9.17) is 0 Å². The van der Waals surface area contributed by atoms with Crippen LogP contribution in [-0.4, -0.2) is 76.5 Å². The summed E-state index contributed by atoms with van der Waals surface area (Å²) >= 11 is 1.37. The van der Waals surface area contributed by atoms with Crippen LogP contribution in [0.4, 0.5) is 0 Å². The summed E-state index contributed by atoms with van der Waals surface area (Å²) in [6.45, 7) is 5.66. The Morgan fingerprint density at radius 3 is 2.30 bits per heavy atom. The zero-order chi connectivity index (χ0) is 30.7. The molecule has 1 aromatic carbocycles. The lowest BCUT2D eigenvalue weighted by molar-refractivity contribution is -0.139. The number of carbonyl (C=O) groups is 5. The first kappa shape index (κ1) is 30.9. The maximum atomic E-state index is 14.0. The first-order valence-electron chi connectivity index (χ1n) is 15.5. The Kier molecular flexibility index (Phi) is 9.64. The van der Waals surface area contributed by atoms with E-state index in [1.54, 1.807) is 15.9 Å². The standard InChI is InChI=1S/C33H42N4O5S/c1-20(2)18-24(35-31(40)28-15-14-27(43-28)22-10-6-4-7-11-22)32(41)36-17-16-25-30(36)26(39)19-37(25)33(42)29(34-21(3)38)23-12-8-5-9-13-23/h4,6-7,10-11,14-15,20,23-25,29-30H,5,8-9,12-13,16-19H2,1-3H3,(H,34,38)(H,35,40). The van der Waals surface area contributed by atoms with Crippen molar-refractivity contribution in [3.05, 3.63) is 47.3 Å². The zero-order valence-electron chi connectivity index (χ0n) is 25.2. The third-order valence-corrected chi connectivity index (χ3v) is 10.1. The molecular weight excluding hydrogens is 564 g/mol. The number of nitrogens with zero attached hydrogens (tertiary/aromatic N) is 2. The minimum atomic E-state index is -0.791. The number of rotatable bonds is 9. The Morgan fingerprint density at radius 1 is 0.907 bits per heavy atom. The fraction of sp³-hybridized carbons (Fsp3) is 0.545. The van der Waals surface area contributed by atoms with E-state index in [1.807, 2.05) is 50.2 Å². The molecule has 2 N–H and O–H groups in total. The average molecular weight is 607 g/mol. The molecule has 1 saturated carbocycles. The van der Waals surface area contributed by atoms with E-state index in [9.17, 15) is 24.0 Å². The smallest absolute Gasteiger partial charge is 0.262 e. The molecule has 3 aliphatic rings. The topological polar surface area (TPSA) is 116 Å². The highest BCUT2D eigenvalue weighted by Gasteiger charge is 2.53. The molecule has 1 aromatic heterocycles. The molecule has 2 aliphatic heterocycles. The number of likely N-dealkylation sites (tertiary alicyclic amines) is 2. The van der Waals surface area contributed by atoms with E-state index in [2.05, 4.69) is 10.6 Å². The summed E-state index contributed by atoms with van der Waals surface area (Å²) in [4.78, 5) is 71.2. The Morgan fingerprint density at radius 2 is 1.63 bits per heavy atom. The van der Waals surface area contributed by atoms with Crippen molar-refractivity contribution in [1.29, 1.82) is 0 Å². The molecule has 43 heavy (non-hydrogen) atoms. The van der Waals surface area contributed by atoms with Crippen LogP contribution in [-0.2, 0) is 19.2 Å². The van der Waals surface area contributed by atoms with E-state index >= 15 is 0 Å². The van der Waals surface area contributed by atoms with Gasteiger partial charge < -0.3 is 20.4 Å². The van der Waals surface area contributed by atoms with Gasteiger partial charge in [-0.2, -0.15) is 0 Å². The third-order valence-electron chi connectivity index (χ3n) is 8.93. The van der Waals surface area contributed by atoms with Crippen LogP contribution in [0.25, 0.3) is 10.4 Å². The number of nitrogens with one attached hydrogen (secondary N) is 2. The lowest BCUT2D eigenvalue weighted by atomic mass is 9.83. The molecule has 3 heterocycles. The molecule has 2 aromatic rings. The maximum Gasteiger partial charge on any atom is 0.262 e. The van der Waals surface area contributed by atoms with Crippen molar-refractivity contribution in [1.82, 2.24) is 20.4 Å². The monoisotopic (exact) mass is 606 g/mol. The Balaban J connectivity index is 1.30. The molecule has 4 unspecified atom stereocenters. The maximum absolute atomic E-state index is 14.0. The molecule has 2 saturated heterocycles. The SMILES string of the molecule is CC(=O)NC(C(=O)N1CC(=O)C2C1CCN2C(=O)C(CC(C)C)NC(=O)c1ccc(-c2ccccc2)s1)C1CCCCC1. The second kappa shape index (κ2) is 13.4. The highest BCUT2D eigenvalue weighted by molar-refractivity contribution is 7.17. The van der Waals surface area contributed by atoms with Gasteiger partial charge in [-0.1, -0.05) is 63.4 Å². The van der Waals surface area contributed by atoms with Gasteiger partial charge in [-0.05, 0) is 55.2 Å². The Bertz CT molecular complexity index is 1350. The fourth-order valence-corrected chi connectivity index (χ4v) is 7.86. The van der Waals surface area contributed by atoms with E-state index in [-0.39, 0.29) is 47.8 Å². The van der Waals surface area contributed by atoms with Crippen LogP contribution < -0.4 is 10.6 Å². The summed E-state index contributed by atoms with van der Waals surface area (Å²) in [7, 11) is 0. The second-order valence-electron chi connectivity index (χ2n) is 12.5. The molecule has 230 valence electrons. The van der Waals surface area contributed by atoms with Crippen molar-refractivity contribution < 1.29 is 24.0 Å². The molecule has 4 atom stereocenters. The van der Waals surface area contributed by atoms with Gasteiger partial charge in [0.25, 0.3) is 5.91 Å². The van der Waals surface area contributed by atoms with Crippen LogP contribution in [0, 0.1) is 11.8 Å². The van der Waals surface area contributed by atoms with Crippen molar-refractivity contribution in [2.24, 2.45) is 11.8 Å². The molecule has 0 bridgehead atoms. The normalized spacial score (nSPS) is 21.9. The van der Waals surface area contributed by atoms with E-state index in [1.165, 1.54) is 18.3 Å². The van der Waals surface area contributed by atoms with Gasteiger partial charge in [0, 0.05) is 18.3 Å². The highest BCUT2D eigenvalue weighted by Crippen LogP contribution is 2.34. The number of ketones is 1. The summed E-state index contributed by atoms with van der Waals surface area (Å²) < 4.78 is 0. The van der Waals surface area contributed by atoms with Crippen LogP contribution in [0.15, 0.2) is 42.5 Å². The predicted octanol–water partition coefficient (Wildman–Crippen LogP) is 4.03. The number of benzene rings is 1. The lowest BCUT2D eigenvalue weighted by Gasteiger charge is -2.34. The number of fused-ring (bicyclic) bond motifs is 1.